The van der Waals surface area contributed by atoms with Crippen molar-refractivity contribution in [3.05, 3.63) is 35.4 Å². The van der Waals surface area contributed by atoms with Crippen LogP contribution in [0.25, 0.3) is 0 Å². The lowest BCUT2D eigenvalue weighted by Crippen LogP contribution is -2.14. The van der Waals surface area contributed by atoms with E-state index in [0.29, 0.717) is 0 Å². The molecule has 0 saturated heterocycles. The van der Waals surface area contributed by atoms with Crippen LogP contribution in [0, 0.1) is 6.92 Å². The van der Waals surface area contributed by atoms with E-state index >= 15 is 0 Å². The number of hydrogen-bond donors (Lipinski definition) is 1. The molecule has 0 bridgehead atoms. The lowest BCUT2D eigenvalue weighted by Gasteiger charge is -2.05. The largest absolute Gasteiger partial charge is 0.313 e. The van der Waals surface area contributed by atoms with E-state index < -0.39 is 0 Å². The van der Waals surface area contributed by atoms with Crippen LogP contribution in [-0.2, 0) is 20.1 Å². The number of hydrogen-bond acceptors (Lipinski definition) is 3. The second kappa shape index (κ2) is 5.82. The molecule has 1 N–H and O–H groups in total. The third-order valence-corrected chi connectivity index (χ3v) is 3.04. The topological polar surface area (TPSA) is 47.7 Å². The number of nitrogens with one attached hydrogen (secondary N) is 1. The number of nitrogens with zero attached hydrogens (tertiary/aromatic N) is 4. The van der Waals surface area contributed by atoms with Crippen LogP contribution in [0.2, 0.25) is 0 Å². The van der Waals surface area contributed by atoms with Crippen molar-refractivity contribution >= 4 is 0 Å². The number of aryl methyl sites for hydroxylation is 1. The van der Waals surface area contributed by atoms with Gasteiger partial charge in [0.2, 0.25) is 0 Å². The monoisotopic (exact) mass is 247 g/mol. The fraction of sp³-hybridized carbons (Fsp3) is 0.538. The van der Waals surface area contributed by atoms with Crippen LogP contribution < -0.4 is 5.32 Å². The molecule has 5 heteroatoms. The third-order valence-electron chi connectivity index (χ3n) is 3.04. The van der Waals surface area contributed by atoms with Crippen LogP contribution in [0.3, 0.4) is 0 Å². The van der Waals surface area contributed by atoms with Crippen LogP contribution in [0.1, 0.15) is 30.2 Å². The molecular weight excluding hydrogens is 226 g/mol. The average molecular weight is 247 g/mol. The van der Waals surface area contributed by atoms with E-state index in [9.17, 15) is 0 Å². The van der Waals surface area contributed by atoms with Crippen molar-refractivity contribution < 1.29 is 0 Å². The quantitative estimate of drug-likeness (QED) is 0.786. The van der Waals surface area contributed by atoms with Crippen molar-refractivity contribution in [1.82, 2.24) is 24.9 Å². The summed E-state index contributed by atoms with van der Waals surface area (Å²) in [5.41, 5.74) is 3.67. The minimum Gasteiger partial charge on any atom is -0.313 e. The first-order valence-electron chi connectivity index (χ1n) is 6.40. The molecule has 0 saturated carbocycles. The summed E-state index contributed by atoms with van der Waals surface area (Å²) in [6.45, 7) is 7.02. The lowest BCUT2D eigenvalue weighted by atomic mass is 10.2. The van der Waals surface area contributed by atoms with Gasteiger partial charge in [-0.1, -0.05) is 6.92 Å². The highest BCUT2D eigenvalue weighted by molar-refractivity contribution is 5.17. The van der Waals surface area contributed by atoms with Gasteiger partial charge in [-0.15, -0.1) is 0 Å². The van der Waals surface area contributed by atoms with Gasteiger partial charge in [0, 0.05) is 36.6 Å². The number of rotatable bonds is 6. The molecule has 18 heavy (non-hydrogen) atoms. The van der Waals surface area contributed by atoms with Gasteiger partial charge in [0.15, 0.2) is 0 Å². The maximum atomic E-state index is 4.44. The Balaban J connectivity index is 2.01. The first-order chi connectivity index (χ1) is 8.70. The van der Waals surface area contributed by atoms with E-state index in [1.165, 1.54) is 16.8 Å². The summed E-state index contributed by atoms with van der Waals surface area (Å²) in [6, 6.07) is 0. The molecule has 0 aliphatic rings. The normalized spacial score (nSPS) is 11.1. The molecule has 0 spiro atoms. The average Bonchev–Trinajstić information content (AvgIpc) is 2.90. The minimum atomic E-state index is 0.785. The van der Waals surface area contributed by atoms with Gasteiger partial charge in [-0.05, 0) is 19.9 Å². The van der Waals surface area contributed by atoms with Crippen molar-refractivity contribution in [2.24, 2.45) is 7.05 Å². The Morgan fingerprint density at radius 2 is 2.11 bits per heavy atom. The molecule has 2 heterocycles. The summed E-state index contributed by atoms with van der Waals surface area (Å²) in [4.78, 5) is 0. The highest BCUT2D eigenvalue weighted by Gasteiger charge is 2.07. The Kier molecular flexibility index (Phi) is 4.15. The molecule has 0 fully saturated rings. The predicted molar refractivity (Wildman–Crippen MR) is 71.3 cm³/mol. The van der Waals surface area contributed by atoms with Gasteiger partial charge >= 0.3 is 0 Å². The van der Waals surface area contributed by atoms with Crippen LogP contribution in [0.5, 0.6) is 0 Å². The molecule has 0 aliphatic carbocycles. The first kappa shape index (κ1) is 12.8. The van der Waals surface area contributed by atoms with Crippen molar-refractivity contribution in [3.63, 3.8) is 0 Å². The second-order valence-electron chi connectivity index (χ2n) is 4.61. The molecule has 98 valence electrons. The second-order valence-corrected chi connectivity index (χ2v) is 4.61. The zero-order valence-corrected chi connectivity index (χ0v) is 11.3. The van der Waals surface area contributed by atoms with Crippen molar-refractivity contribution in [2.45, 2.75) is 33.4 Å². The molecule has 0 unspecified atom stereocenters. The molecule has 2 rings (SSSR count). The molecule has 0 aliphatic heterocycles. The Morgan fingerprint density at radius 1 is 1.28 bits per heavy atom. The maximum absolute atomic E-state index is 4.44. The molecule has 2 aromatic rings. The summed E-state index contributed by atoms with van der Waals surface area (Å²) in [5.74, 6) is 0. The molecular formula is C13H21N5. The van der Waals surface area contributed by atoms with E-state index in [-0.39, 0.29) is 0 Å². The summed E-state index contributed by atoms with van der Waals surface area (Å²) in [6.07, 6.45) is 7.02. The first-order valence-corrected chi connectivity index (χ1v) is 6.40. The Labute approximate surface area is 108 Å². The summed E-state index contributed by atoms with van der Waals surface area (Å²) in [5, 5.41) is 12.0. The van der Waals surface area contributed by atoms with E-state index in [4.69, 9.17) is 0 Å². The highest BCUT2D eigenvalue weighted by Crippen LogP contribution is 2.09. The zero-order chi connectivity index (χ0) is 13.0. The summed E-state index contributed by atoms with van der Waals surface area (Å²) >= 11 is 0. The minimum absolute atomic E-state index is 0.785. The smallest absolute Gasteiger partial charge is 0.0693 e. The van der Waals surface area contributed by atoms with E-state index in [1.54, 1.807) is 0 Å². The van der Waals surface area contributed by atoms with Crippen molar-refractivity contribution in [1.29, 1.82) is 0 Å². The van der Waals surface area contributed by atoms with Gasteiger partial charge in [0.05, 0.1) is 18.9 Å². The molecule has 5 nitrogen and oxygen atoms in total. The summed E-state index contributed by atoms with van der Waals surface area (Å²) < 4.78 is 3.85. The van der Waals surface area contributed by atoms with Crippen LogP contribution in [0.4, 0.5) is 0 Å². The predicted octanol–water partition coefficient (Wildman–Crippen LogP) is 1.47. The zero-order valence-electron chi connectivity index (χ0n) is 11.3. The van der Waals surface area contributed by atoms with Crippen molar-refractivity contribution in [2.75, 3.05) is 6.54 Å². The fourth-order valence-electron chi connectivity index (χ4n) is 1.94. The maximum Gasteiger partial charge on any atom is 0.0693 e. The van der Waals surface area contributed by atoms with Crippen LogP contribution in [-0.4, -0.2) is 26.1 Å². The Bertz CT molecular complexity index is 497. The molecule has 0 aromatic carbocycles. The standard InChI is InChI=1S/C13H21N5/c1-4-5-14-7-13-8-16-18(11(13)2)10-12-6-15-17(3)9-12/h6,8-9,14H,4-5,7,10H2,1-3H3. The summed E-state index contributed by atoms with van der Waals surface area (Å²) in [7, 11) is 1.93. The van der Waals surface area contributed by atoms with Gasteiger partial charge in [0.25, 0.3) is 0 Å². The SMILES string of the molecule is CCCNCc1cnn(Cc2cnn(C)c2)c1C. The fourth-order valence-corrected chi connectivity index (χ4v) is 1.94. The van der Waals surface area contributed by atoms with Gasteiger partial charge in [0.1, 0.15) is 0 Å². The van der Waals surface area contributed by atoms with E-state index in [0.717, 1.165) is 26.1 Å². The van der Waals surface area contributed by atoms with Gasteiger partial charge in [-0.3, -0.25) is 9.36 Å². The molecule has 0 amide bonds. The van der Waals surface area contributed by atoms with Gasteiger partial charge < -0.3 is 5.32 Å². The molecule has 2 aromatic heterocycles. The van der Waals surface area contributed by atoms with E-state index in [1.807, 2.05) is 35.0 Å². The van der Waals surface area contributed by atoms with Crippen LogP contribution >= 0.6 is 0 Å². The lowest BCUT2D eigenvalue weighted by molar-refractivity contribution is 0.651. The molecule has 0 atom stereocenters. The van der Waals surface area contributed by atoms with Crippen LogP contribution in [0.15, 0.2) is 18.6 Å². The Hall–Kier alpha value is -1.62. The van der Waals surface area contributed by atoms with Gasteiger partial charge in [-0.25, -0.2) is 0 Å². The van der Waals surface area contributed by atoms with Gasteiger partial charge in [-0.2, -0.15) is 10.2 Å². The third kappa shape index (κ3) is 2.98. The molecule has 0 radical (unpaired) electrons. The Morgan fingerprint density at radius 3 is 2.78 bits per heavy atom. The van der Waals surface area contributed by atoms with E-state index in [2.05, 4.69) is 29.4 Å². The number of aromatic nitrogens is 4. The highest BCUT2D eigenvalue weighted by atomic mass is 15.3. The van der Waals surface area contributed by atoms with Crippen molar-refractivity contribution in [3.8, 4) is 0 Å².